The van der Waals surface area contributed by atoms with Gasteiger partial charge in [-0.1, -0.05) is 12.8 Å². The fourth-order valence-corrected chi connectivity index (χ4v) is 4.45. The smallest absolute Gasteiger partial charge is 0.315 e. The quantitative estimate of drug-likeness (QED) is 0.737. The van der Waals surface area contributed by atoms with E-state index in [2.05, 4.69) is 10.6 Å². The van der Waals surface area contributed by atoms with Gasteiger partial charge in [-0.2, -0.15) is 0 Å². The molecule has 0 aromatic heterocycles. The first kappa shape index (κ1) is 15.6. The van der Waals surface area contributed by atoms with Crippen LogP contribution in [0.4, 0.5) is 4.79 Å². The molecule has 0 aromatic carbocycles. The van der Waals surface area contributed by atoms with Gasteiger partial charge in [-0.05, 0) is 25.7 Å². The fraction of sp³-hybridized carbons (Fsp3) is 0.923. The van der Waals surface area contributed by atoms with Gasteiger partial charge in [0, 0.05) is 12.6 Å². The first-order valence-corrected chi connectivity index (χ1v) is 9.24. The van der Waals surface area contributed by atoms with Gasteiger partial charge in [-0.25, -0.2) is 13.2 Å². The number of carbonyl (C=O) groups is 1. The molecule has 116 valence electrons. The van der Waals surface area contributed by atoms with Crippen LogP contribution >= 0.6 is 0 Å². The molecule has 1 saturated heterocycles. The largest absolute Gasteiger partial charge is 0.376 e. The molecule has 1 aliphatic carbocycles. The molecule has 1 aliphatic heterocycles. The van der Waals surface area contributed by atoms with Gasteiger partial charge in [0.15, 0.2) is 9.84 Å². The first-order valence-electron chi connectivity index (χ1n) is 7.41. The molecule has 1 saturated carbocycles. The summed E-state index contributed by atoms with van der Waals surface area (Å²) in [5.41, 5.74) is 0. The van der Waals surface area contributed by atoms with Crippen LogP contribution in [-0.2, 0) is 14.6 Å². The maximum absolute atomic E-state index is 11.6. The highest BCUT2D eigenvalue weighted by Gasteiger charge is 2.25. The van der Waals surface area contributed by atoms with Crippen LogP contribution in [-0.4, -0.2) is 51.3 Å². The van der Waals surface area contributed by atoms with Crippen molar-refractivity contribution in [3.8, 4) is 0 Å². The van der Waals surface area contributed by atoms with E-state index in [-0.39, 0.29) is 23.6 Å². The first-order chi connectivity index (χ1) is 9.55. The van der Waals surface area contributed by atoms with Gasteiger partial charge in [-0.15, -0.1) is 0 Å². The van der Waals surface area contributed by atoms with Crippen LogP contribution in [0.3, 0.4) is 0 Å². The molecule has 2 amide bonds. The highest BCUT2D eigenvalue weighted by Crippen LogP contribution is 2.20. The number of urea groups is 1. The minimum Gasteiger partial charge on any atom is -0.376 e. The number of nitrogens with one attached hydrogen (secondary N) is 2. The van der Waals surface area contributed by atoms with Crippen molar-refractivity contribution in [2.24, 2.45) is 0 Å². The Morgan fingerprint density at radius 1 is 1.15 bits per heavy atom. The van der Waals surface area contributed by atoms with Gasteiger partial charge < -0.3 is 15.4 Å². The Bertz CT molecular complexity index is 418. The van der Waals surface area contributed by atoms with Gasteiger partial charge in [0.05, 0.1) is 24.2 Å². The topological polar surface area (TPSA) is 84.5 Å². The van der Waals surface area contributed by atoms with E-state index in [1.165, 1.54) is 12.8 Å². The maximum Gasteiger partial charge on any atom is 0.315 e. The molecule has 1 unspecified atom stereocenters. The second-order valence-electron chi connectivity index (χ2n) is 5.63. The zero-order chi connectivity index (χ0) is 14.4. The minimum absolute atomic E-state index is 0.0546. The molecule has 0 aromatic rings. The number of hydrogen-bond donors (Lipinski definition) is 2. The van der Waals surface area contributed by atoms with E-state index in [9.17, 15) is 13.2 Å². The van der Waals surface area contributed by atoms with Gasteiger partial charge >= 0.3 is 6.03 Å². The zero-order valence-electron chi connectivity index (χ0n) is 11.8. The third-order valence-electron chi connectivity index (χ3n) is 3.84. The van der Waals surface area contributed by atoms with Gasteiger partial charge in [-0.3, -0.25) is 0 Å². The average Bonchev–Trinajstić information content (AvgIpc) is 2.86. The number of amides is 2. The molecule has 2 N–H and O–H groups in total. The van der Waals surface area contributed by atoms with Gasteiger partial charge in [0.1, 0.15) is 0 Å². The van der Waals surface area contributed by atoms with Crippen LogP contribution in [0.25, 0.3) is 0 Å². The molecule has 2 fully saturated rings. The second kappa shape index (κ2) is 7.26. The summed E-state index contributed by atoms with van der Waals surface area (Å²) in [6.45, 7) is 0.975. The van der Waals surface area contributed by atoms with Crippen LogP contribution < -0.4 is 10.6 Å². The fourth-order valence-electron chi connectivity index (χ4n) is 2.82. The lowest BCUT2D eigenvalue weighted by Crippen LogP contribution is -2.48. The average molecular weight is 304 g/mol. The van der Waals surface area contributed by atoms with E-state index in [1.54, 1.807) is 0 Å². The minimum atomic E-state index is -2.98. The van der Waals surface area contributed by atoms with E-state index in [0.717, 1.165) is 19.3 Å². The van der Waals surface area contributed by atoms with Gasteiger partial charge in [0.25, 0.3) is 0 Å². The molecule has 0 radical (unpaired) electrons. The third kappa shape index (κ3) is 5.28. The van der Waals surface area contributed by atoms with Crippen molar-refractivity contribution < 1.29 is 17.9 Å². The van der Waals surface area contributed by atoms with Crippen molar-refractivity contribution >= 4 is 15.9 Å². The van der Waals surface area contributed by atoms with Crippen LogP contribution in [0, 0.1) is 0 Å². The molecule has 20 heavy (non-hydrogen) atoms. The van der Waals surface area contributed by atoms with Crippen molar-refractivity contribution in [2.75, 3.05) is 24.7 Å². The number of hydrogen-bond acceptors (Lipinski definition) is 4. The molecule has 0 bridgehead atoms. The molecule has 0 spiro atoms. The van der Waals surface area contributed by atoms with E-state index < -0.39 is 9.84 Å². The third-order valence-corrected chi connectivity index (χ3v) is 5.66. The predicted molar refractivity (Wildman–Crippen MR) is 76.4 cm³/mol. The summed E-state index contributed by atoms with van der Waals surface area (Å²) >= 11 is 0. The summed E-state index contributed by atoms with van der Waals surface area (Å²) in [6.07, 6.45) is 6.40. The number of sulfone groups is 1. The van der Waals surface area contributed by atoms with Crippen LogP contribution in [0.2, 0.25) is 0 Å². The molecule has 6 nitrogen and oxygen atoms in total. The monoisotopic (exact) mass is 304 g/mol. The van der Waals surface area contributed by atoms with E-state index in [1.807, 2.05) is 0 Å². The normalized spacial score (nSPS) is 26.3. The summed E-state index contributed by atoms with van der Waals surface area (Å²) in [6, 6.07) is -0.563. The van der Waals surface area contributed by atoms with E-state index in [0.29, 0.717) is 25.7 Å². The molecule has 1 heterocycles. The number of carbonyl (C=O) groups excluding carboxylic acids is 1. The lowest BCUT2D eigenvalue weighted by Gasteiger charge is -2.23. The molecule has 2 aliphatic rings. The summed E-state index contributed by atoms with van der Waals surface area (Å²) in [5, 5.41) is 5.43. The molecular weight excluding hydrogens is 280 g/mol. The van der Waals surface area contributed by atoms with Crippen LogP contribution in [0.1, 0.15) is 38.5 Å². The van der Waals surface area contributed by atoms with Crippen molar-refractivity contribution in [1.82, 2.24) is 10.6 Å². The Kier molecular flexibility index (Phi) is 5.65. The number of rotatable bonds is 5. The SMILES string of the molecule is O=C(NCCOC1CCCC1)NC1CCCS(=O)(=O)C1. The molecule has 7 heteroatoms. The van der Waals surface area contributed by atoms with Gasteiger partial charge in [0.2, 0.25) is 0 Å². The van der Waals surface area contributed by atoms with E-state index in [4.69, 9.17) is 4.74 Å². The maximum atomic E-state index is 11.6. The Labute approximate surface area is 120 Å². The lowest BCUT2D eigenvalue weighted by atomic mass is 10.2. The second-order valence-corrected chi connectivity index (χ2v) is 7.86. The van der Waals surface area contributed by atoms with Crippen molar-refractivity contribution in [1.29, 1.82) is 0 Å². The summed E-state index contributed by atoms with van der Waals surface area (Å²) in [4.78, 5) is 11.6. The highest BCUT2D eigenvalue weighted by atomic mass is 32.2. The highest BCUT2D eigenvalue weighted by molar-refractivity contribution is 7.91. The van der Waals surface area contributed by atoms with Crippen LogP contribution in [0.5, 0.6) is 0 Å². The lowest BCUT2D eigenvalue weighted by molar-refractivity contribution is 0.0613. The summed E-state index contributed by atoms with van der Waals surface area (Å²) < 4.78 is 28.6. The van der Waals surface area contributed by atoms with Crippen molar-refractivity contribution in [2.45, 2.75) is 50.7 Å². The Balaban J connectivity index is 1.57. The Morgan fingerprint density at radius 3 is 2.60 bits per heavy atom. The van der Waals surface area contributed by atoms with E-state index >= 15 is 0 Å². The predicted octanol–water partition coefficient (Wildman–Crippen LogP) is 0.822. The molecule has 1 atom stereocenters. The molecule has 2 rings (SSSR count). The summed E-state index contributed by atoms with van der Waals surface area (Å²) in [5.74, 6) is 0.293. The van der Waals surface area contributed by atoms with Crippen LogP contribution in [0.15, 0.2) is 0 Å². The standard InChI is InChI=1S/C13H24N2O4S/c16-13(14-7-8-19-12-5-1-2-6-12)15-11-4-3-9-20(17,18)10-11/h11-12H,1-10H2,(H2,14,15,16). The Hall–Kier alpha value is -0.820. The Morgan fingerprint density at radius 2 is 1.90 bits per heavy atom. The number of ether oxygens (including phenoxy) is 1. The summed E-state index contributed by atoms with van der Waals surface area (Å²) in [7, 11) is -2.98. The van der Waals surface area contributed by atoms with Crippen molar-refractivity contribution in [3.05, 3.63) is 0 Å². The molecular formula is C13H24N2O4S. The van der Waals surface area contributed by atoms with Crippen molar-refractivity contribution in [3.63, 3.8) is 0 Å². The zero-order valence-corrected chi connectivity index (χ0v) is 12.6.